The highest BCUT2D eigenvalue weighted by Crippen LogP contribution is 2.25. The van der Waals surface area contributed by atoms with Gasteiger partial charge in [-0.3, -0.25) is 4.79 Å². The molecule has 19 heavy (non-hydrogen) atoms. The average Bonchev–Trinajstić information content (AvgIpc) is 3.03. The zero-order valence-electron chi connectivity index (χ0n) is 10.9. The first-order valence-corrected chi connectivity index (χ1v) is 7.93. The van der Waals surface area contributed by atoms with Crippen LogP contribution < -0.4 is 0 Å². The van der Waals surface area contributed by atoms with Crippen molar-refractivity contribution in [3.63, 3.8) is 0 Å². The maximum absolute atomic E-state index is 12.2. The maximum Gasteiger partial charge on any atom is 0.263 e. The van der Waals surface area contributed by atoms with Crippen LogP contribution in [0.1, 0.15) is 16.1 Å². The topological polar surface area (TPSA) is 38.8 Å². The van der Waals surface area contributed by atoms with Crippen molar-refractivity contribution < 1.29 is 14.3 Å². The van der Waals surface area contributed by atoms with Gasteiger partial charge in [-0.15, -0.1) is 11.3 Å². The van der Waals surface area contributed by atoms with Gasteiger partial charge >= 0.3 is 0 Å². The Balaban J connectivity index is 1.76. The van der Waals surface area contributed by atoms with E-state index in [1.54, 1.807) is 7.11 Å². The molecule has 0 aromatic carbocycles. The van der Waals surface area contributed by atoms with E-state index in [-0.39, 0.29) is 5.91 Å². The predicted molar refractivity (Wildman–Crippen MR) is 78.7 cm³/mol. The highest BCUT2D eigenvalue weighted by Gasteiger charge is 2.27. The normalized spacial score (nSPS) is 19.1. The molecule has 0 spiro atoms. The number of carbonyl (C=O) groups excluding carboxylic acids is 1. The SMILES string of the molecule is COCCOC[C@H]1CCN(C(=O)c2ccc(Br)s2)C1. The highest BCUT2D eigenvalue weighted by atomic mass is 79.9. The second kappa shape index (κ2) is 7.38. The standard InChI is InChI=1S/C13H18BrNO3S/c1-17-6-7-18-9-10-4-5-15(8-10)13(16)11-2-3-12(14)19-11/h2-3,10H,4-9H2,1H3/t10-/m0/s1. The van der Waals surface area contributed by atoms with Gasteiger partial charge in [-0.1, -0.05) is 0 Å². The second-order valence-electron chi connectivity index (χ2n) is 4.58. The number of likely N-dealkylation sites (tertiary alicyclic amines) is 1. The Hall–Kier alpha value is -0.430. The molecule has 2 rings (SSSR count). The van der Waals surface area contributed by atoms with Gasteiger partial charge in [-0.25, -0.2) is 0 Å². The van der Waals surface area contributed by atoms with Crippen LogP contribution in [0.4, 0.5) is 0 Å². The Bertz CT molecular complexity index is 424. The fourth-order valence-electron chi connectivity index (χ4n) is 2.13. The smallest absolute Gasteiger partial charge is 0.263 e. The van der Waals surface area contributed by atoms with E-state index < -0.39 is 0 Å². The van der Waals surface area contributed by atoms with Gasteiger partial charge in [0.2, 0.25) is 0 Å². The number of nitrogens with zero attached hydrogens (tertiary/aromatic N) is 1. The molecule has 0 bridgehead atoms. The molecule has 1 aromatic heterocycles. The molecule has 1 aromatic rings. The first-order valence-electron chi connectivity index (χ1n) is 6.32. The number of carbonyl (C=O) groups is 1. The van der Waals surface area contributed by atoms with E-state index in [2.05, 4.69) is 15.9 Å². The Kier molecular flexibility index (Phi) is 5.81. The molecular weight excluding hydrogens is 330 g/mol. The lowest BCUT2D eigenvalue weighted by Gasteiger charge is -2.15. The first-order chi connectivity index (χ1) is 9.20. The molecule has 1 aliphatic rings. The molecular formula is C13H18BrNO3S. The van der Waals surface area contributed by atoms with Gasteiger partial charge in [0.25, 0.3) is 5.91 Å². The maximum atomic E-state index is 12.2. The minimum absolute atomic E-state index is 0.134. The molecule has 0 unspecified atom stereocenters. The van der Waals surface area contributed by atoms with Crippen molar-refractivity contribution in [3.8, 4) is 0 Å². The first kappa shape index (κ1) is 15.0. The highest BCUT2D eigenvalue weighted by molar-refractivity contribution is 9.11. The zero-order chi connectivity index (χ0) is 13.7. The van der Waals surface area contributed by atoms with Gasteiger partial charge in [-0.05, 0) is 34.5 Å². The molecule has 2 heterocycles. The van der Waals surface area contributed by atoms with Crippen LogP contribution in [0.5, 0.6) is 0 Å². The fraction of sp³-hybridized carbons (Fsp3) is 0.615. The van der Waals surface area contributed by atoms with Gasteiger partial charge < -0.3 is 14.4 Å². The number of methoxy groups -OCH3 is 1. The minimum Gasteiger partial charge on any atom is -0.382 e. The fourth-order valence-corrected chi connectivity index (χ4v) is 3.48. The van der Waals surface area contributed by atoms with Gasteiger partial charge in [0.15, 0.2) is 0 Å². The number of thiophene rings is 1. The third kappa shape index (κ3) is 4.27. The Morgan fingerprint density at radius 1 is 1.53 bits per heavy atom. The molecule has 0 radical (unpaired) electrons. The number of rotatable bonds is 6. The van der Waals surface area contributed by atoms with E-state index >= 15 is 0 Å². The quantitative estimate of drug-likeness (QED) is 0.742. The molecule has 6 heteroatoms. The molecule has 1 fully saturated rings. The van der Waals surface area contributed by atoms with Crippen molar-refractivity contribution in [1.82, 2.24) is 4.90 Å². The molecule has 106 valence electrons. The average molecular weight is 348 g/mol. The lowest BCUT2D eigenvalue weighted by Crippen LogP contribution is -2.28. The zero-order valence-corrected chi connectivity index (χ0v) is 13.3. The molecule has 0 saturated carbocycles. The van der Waals surface area contributed by atoms with Crippen molar-refractivity contribution in [2.45, 2.75) is 6.42 Å². The summed E-state index contributed by atoms with van der Waals surface area (Å²) in [5.74, 6) is 0.583. The molecule has 0 aliphatic carbocycles. The third-order valence-corrected chi connectivity index (χ3v) is 4.75. The summed E-state index contributed by atoms with van der Waals surface area (Å²) in [7, 11) is 1.67. The van der Waals surface area contributed by atoms with Crippen molar-refractivity contribution in [2.24, 2.45) is 5.92 Å². The monoisotopic (exact) mass is 347 g/mol. The lowest BCUT2D eigenvalue weighted by atomic mass is 10.1. The second-order valence-corrected chi connectivity index (χ2v) is 7.04. The van der Waals surface area contributed by atoms with E-state index in [1.807, 2.05) is 17.0 Å². The van der Waals surface area contributed by atoms with Crippen molar-refractivity contribution in [1.29, 1.82) is 0 Å². The van der Waals surface area contributed by atoms with Crippen LogP contribution in [0.25, 0.3) is 0 Å². The van der Waals surface area contributed by atoms with Gasteiger partial charge in [0.1, 0.15) is 0 Å². The van der Waals surface area contributed by atoms with Crippen LogP contribution in [-0.4, -0.2) is 50.8 Å². The van der Waals surface area contributed by atoms with Gasteiger partial charge in [-0.2, -0.15) is 0 Å². The van der Waals surface area contributed by atoms with Crippen molar-refractivity contribution in [3.05, 3.63) is 20.8 Å². The molecule has 0 N–H and O–H groups in total. The number of hydrogen-bond acceptors (Lipinski definition) is 4. The molecule has 1 amide bonds. The summed E-state index contributed by atoms with van der Waals surface area (Å²) in [6.07, 6.45) is 1.02. The summed E-state index contributed by atoms with van der Waals surface area (Å²) in [6, 6.07) is 3.79. The van der Waals surface area contributed by atoms with Crippen LogP contribution in [-0.2, 0) is 9.47 Å². The summed E-state index contributed by atoms with van der Waals surface area (Å²) >= 11 is 4.87. The van der Waals surface area contributed by atoms with E-state index in [0.717, 1.165) is 28.2 Å². The Labute approximate surface area is 125 Å². The summed E-state index contributed by atoms with van der Waals surface area (Å²) in [5, 5.41) is 0. The molecule has 1 aliphatic heterocycles. The number of halogens is 1. The number of ether oxygens (including phenoxy) is 2. The van der Waals surface area contributed by atoms with Crippen LogP contribution >= 0.6 is 27.3 Å². The van der Waals surface area contributed by atoms with Crippen molar-refractivity contribution >= 4 is 33.2 Å². The van der Waals surface area contributed by atoms with E-state index in [4.69, 9.17) is 9.47 Å². The number of amides is 1. The molecule has 1 saturated heterocycles. The van der Waals surface area contributed by atoms with E-state index in [0.29, 0.717) is 25.7 Å². The van der Waals surface area contributed by atoms with Crippen LogP contribution in [0.2, 0.25) is 0 Å². The van der Waals surface area contributed by atoms with Crippen LogP contribution in [0, 0.1) is 5.92 Å². The summed E-state index contributed by atoms with van der Waals surface area (Å²) in [4.78, 5) is 15.0. The summed E-state index contributed by atoms with van der Waals surface area (Å²) in [5.41, 5.74) is 0. The van der Waals surface area contributed by atoms with Gasteiger partial charge in [0, 0.05) is 26.1 Å². The third-order valence-electron chi connectivity index (χ3n) is 3.14. The predicted octanol–water partition coefficient (Wildman–Crippen LogP) is 2.64. The largest absolute Gasteiger partial charge is 0.382 e. The van der Waals surface area contributed by atoms with Crippen LogP contribution in [0.3, 0.4) is 0 Å². The summed E-state index contributed by atoms with van der Waals surface area (Å²) in [6.45, 7) is 3.58. The Morgan fingerprint density at radius 3 is 3.05 bits per heavy atom. The minimum atomic E-state index is 0.134. The van der Waals surface area contributed by atoms with Crippen molar-refractivity contribution in [2.75, 3.05) is 40.0 Å². The van der Waals surface area contributed by atoms with E-state index in [9.17, 15) is 4.79 Å². The molecule has 1 atom stereocenters. The molecule has 4 nitrogen and oxygen atoms in total. The summed E-state index contributed by atoms with van der Waals surface area (Å²) < 4.78 is 11.5. The number of hydrogen-bond donors (Lipinski definition) is 0. The lowest BCUT2D eigenvalue weighted by molar-refractivity contribution is 0.0516. The Morgan fingerprint density at radius 2 is 2.37 bits per heavy atom. The van der Waals surface area contributed by atoms with Gasteiger partial charge in [0.05, 0.1) is 28.5 Å². The van der Waals surface area contributed by atoms with E-state index in [1.165, 1.54) is 11.3 Å². The van der Waals surface area contributed by atoms with Crippen LogP contribution in [0.15, 0.2) is 15.9 Å².